The molecule has 4 nitrogen and oxygen atoms in total. The zero-order chi connectivity index (χ0) is 23.6. The first kappa shape index (κ1) is 25.1. The third-order valence-electron chi connectivity index (χ3n) is 8.86. The van der Waals surface area contributed by atoms with Gasteiger partial charge in [-0.3, -0.25) is 0 Å². The summed E-state index contributed by atoms with van der Waals surface area (Å²) in [6.45, 7) is 6.95. The lowest BCUT2D eigenvalue weighted by atomic mass is 9.60. The van der Waals surface area contributed by atoms with Crippen molar-refractivity contribution in [2.75, 3.05) is 0 Å². The zero-order valence-electron chi connectivity index (χ0n) is 20.7. The van der Waals surface area contributed by atoms with E-state index >= 15 is 0 Å². The third kappa shape index (κ3) is 5.80. The van der Waals surface area contributed by atoms with Crippen LogP contribution in [0.3, 0.4) is 0 Å². The summed E-state index contributed by atoms with van der Waals surface area (Å²) in [6.07, 6.45) is 14.7. The Morgan fingerprint density at radius 2 is 1.94 bits per heavy atom. The molecule has 3 aliphatic rings. The van der Waals surface area contributed by atoms with Gasteiger partial charge in [-0.15, -0.1) is 11.3 Å². The molecule has 3 N–H and O–H groups in total. The van der Waals surface area contributed by atoms with Gasteiger partial charge in [0.05, 0.1) is 12.2 Å². The highest BCUT2D eigenvalue weighted by molar-refractivity contribution is 7.09. The summed E-state index contributed by atoms with van der Waals surface area (Å²) in [7, 11) is 0. The van der Waals surface area contributed by atoms with E-state index in [0.717, 1.165) is 29.5 Å². The Kier molecular flexibility index (Phi) is 8.15. The highest BCUT2D eigenvalue weighted by atomic mass is 32.1. The van der Waals surface area contributed by atoms with E-state index in [1.54, 1.807) is 16.9 Å². The second-order valence-corrected chi connectivity index (χ2v) is 12.3. The third-order valence-corrected chi connectivity index (χ3v) is 9.92. The fourth-order valence-corrected chi connectivity index (χ4v) is 8.04. The van der Waals surface area contributed by atoms with Crippen molar-refractivity contribution in [1.82, 2.24) is 4.98 Å². The molecule has 1 heterocycles. The van der Waals surface area contributed by atoms with Crippen molar-refractivity contribution in [2.24, 2.45) is 23.2 Å². The predicted molar refractivity (Wildman–Crippen MR) is 135 cm³/mol. The van der Waals surface area contributed by atoms with Gasteiger partial charge in [-0.1, -0.05) is 50.0 Å². The van der Waals surface area contributed by atoms with Gasteiger partial charge < -0.3 is 15.3 Å². The smallest absolute Gasteiger partial charge is 0.121 e. The number of fused-ring (bicyclic) bond motifs is 1. The molecular formula is C28H43NO3S. The Morgan fingerprint density at radius 1 is 1.18 bits per heavy atom. The number of rotatable bonds is 7. The van der Waals surface area contributed by atoms with Crippen LogP contribution < -0.4 is 0 Å². The highest BCUT2D eigenvalue weighted by Crippen LogP contribution is 2.60. The number of hydrogen-bond donors (Lipinski definition) is 3. The molecule has 0 bridgehead atoms. The highest BCUT2D eigenvalue weighted by Gasteiger charge is 2.50. The molecule has 184 valence electrons. The van der Waals surface area contributed by atoms with Gasteiger partial charge in [0, 0.05) is 11.1 Å². The first-order valence-corrected chi connectivity index (χ1v) is 14.0. The molecule has 0 aliphatic heterocycles. The Morgan fingerprint density at radius 3 is 2.64 bits per heavy atom. The molecule has 3 aliphatic carbocycles. The summed E-state index contributed by atoms with van der Waals surface area (Å²) in [5.41, 5.74) is 4.16. The number of aromatic nitrogens is 1. The van der Waals surface area contributed by atoms with Crippen LogP contribution in [0.5, 0.6) is 0 Å². The van der Waals surface area contributed by atoms with Gasteiger partial charge in [0.15, 0.2) is 0 Å². The molecular weight excluding hydrogens is 430 g/mol. The number of hydrogen-bond acceptors (Lipinski definition) is 5. The summed E-state index contributed by atoms with van der Waals surface area (Å²) in [5, 5.41) is 33.4. The van der Waals surface area contributed by atoms with Crippen molar-refractivity contribution in [1.29, 1.82) is 0 Å². The summed E-state index contributed by atoms with van der Waals surface area (Å²) < 4.78 is 0. The van der Waals surface area contributed by atoms with Gasteiger partial charge >= 0.3 is 0 Å². The van der Waals surface area contributed by atoms with Crippen molar-refractivity contribution in [3.63, 3.8) is 0 Å². The quantitative estimate of drug-likeness (QED) is 0.436. The topological polar surface area (TPSA) is 73.6 Å². The molecule has 0 aromatic carbocycles. The molecule has 0 radical (unpaired) electrons. The monoisotopic (exact) mass is 473 g/mol. The molecule has 0 spiro atoms. The summed E-state index contributed by atoms with van der Waals surface area (Å²) in [5.74, 6) is 2.08. The molecule has 1 aromatic heterocycles. The van der Waals surface area contributed by atoms with Crippen LogP contribution in [0.15, 0.2) is 28.7 Å². The number of aliphatic hydroxyl groups is 3. The van der Waals surface area contributed by atoms with Crippen LogP contribution in [0.25, 0.3) is 0 Å². The van der Waals surface area contributed by atoms with Gasteiger partial charge in [-0.05, 0) is 87.9 Å². The average Bonchev–Trinajstić information content (AvgIpc) is 3.34. The largest absolute Gasteiger partial charge is 0.393 e. The normalized spacial score (nSPS) is 35.5. The lowest BCUT2D eigenvalue weighted by Gasteiger charge is -2.44. The van der Waals surface area contributed by atoms with Crippen molar-refractivity contribution >= 4 is 11.3 Å². The maximum atomic E-state index is 10.5. The molecule has 5 heteroatoms. The Hall–Kier alpha value is -1.01. The van der Waals surface area contributed by atoms with Crippen LogP contribution >= 0.6 is 11.3 Å². The number of aryl methyl sites for hydroxylation is 1. The van der Waals surface area contributed by atoms with E-state index in [2.05, 4.69) is 31.0 Å². The molecule has 1 aromatic rings. The maximum absolute atomic E-state index is 10.5. The van der Waals surface area contributed by atoms with Gasteiger partial charge in [0.1, 0.15) is 11.1 Å². The molecule has 7 atom stereocenters. The fourth-order valence-electron chi connectivity index (χ4n) is 7.23. The molecule has 0 unspecified atom stereocenters. The van der Waals surface area contributed by atoms with E-state index in [9.17, 15) is 15.3 Å². The van der Waals surface area contributed by atoms with E-state index in [0.29, 0.717) is 36.5 Å². The van der Waals surface area contributed by atoms with E-state index in [-0.39, 0.29) is 0 Å². The van der Waals surface area contributed by atoms with Crippen LogP contribution in [-0.2, 0) is 0 Å². The van der Waals surface area contributed by atoms with Crippen LogP contribution in [0.2, 0.25) is 0 Å². The van der Waals surface area contributed by atoms with E-state index in [1.165, 1.54) is 44.1 Å². The van der Waals surface area contributed by atoms with Crippen molar-refractivity contribution in [3.05, 3.63) is 39.4 Å². The summed E-state index contributed by atoms with van der Waals surface area (Å²) in [4.78, 5) is 4.45. The second kappa shape index (κ2) is 10.7. The maximum Gasteiger partial charge on any atom is 0.121 e. The van der Waals surface area contributed by atoms with Crippen LogP contribution in [0.4, 0.5) is 0 Å². The predicted octanol–water partition coefficient (Wildman–Crippen LogP) is 6.27. The van der Waals surface area contributed by atoms with E-state index < -0.39 is 18.3 Å². The van der Waals surface area contributed by atoms with Crippen molar-refractivity contribution < 1.29 is 15.3 Å². The minimum Gasteiger partial charge on any atom is -0.393 e. The molecule has 0 amide bonds. The fraction of sp³-hybridized carbons (Fsp3) is 0.750. The van der Waals surface area contributed by atoms with Crippen molar-refractivity contribution in [2.45, 2.75) is 110 Å². The number of thiazole rings is 1. The summed E-state index contributed by atoms with van der Waals surface area (Å²) in [6, 6.07) is 0. The van der Waals surface area contributed by atoms with Gasteiger partial charge in [0.25, 0.3) is 0 Å². The standard InChI is InChI=1S/C28H43NO3S/c1-18(6-4-8-26(32)27-29-19(2)17-33-27)24-11-12-25-21(7-5-13-28(24,25)3)10-9-20-14-22(30)16-23(31)15-20/h9-10,17-18,22-26,30-32H,4-8,11-16H2,1-3H3/b21-10+/t18-,22+,23+,24+,25-,26+,28+/m0/s1. The SMILES string of the molecule is Cc1csc([C@H](O)CCC[C@H](C)[C@H]2CC[C@H]3/C(=C/C=C4C[C@@H](O)C[C@H](O)C4)CCC[C@]23C)n1. The van der Waals surface area contributed by atoms with E-state index in [4.69, 9.17) is 0 Å². The van der Waals surface area contributed by atoms with Gasteiger partial charge in [0.2, 0.25) is 0 Å². The molecule has 4 rings (SSSR count). The minimum atomic E-state index is -0.420. The van der Waals surface area contributed by atoms with Gasteiger partial charge in [-0.2, -0.15) is 0 Å². The Balaban J connectivity index is 1.35. The van der Waals surface area contributed by atoms with Crippen molar-refractivity contribution in [3.8, 4) is 0 Å². The lowest BCUT2D eigenvalue weighted by molar-refractivity contribution is 0.0609. The van der Waals surface area contributed by atoms with Crippen LogP contribution in [-0.4, -0.2) is 32.5 Å². The zero-order valence-corrected chi connectivity index (χ0v) is 21.5. The Labute approximate surface area is 203 Å². The molecule has 33 heavy (non-hydrogen) atoms. The van der Waals surface area contributed by atoms with Crippen LogP contribution in [0, 0.1) is 30.1 Å². The number of allylic oxidation sites excluding steroid dienone is 3. The molecule has 0 saturated heterocycles. The average molecular weight is 474 g/mol. The van der Waals surface area contributed by atoms with Gasteiger partial charge in [-0.25, -0.2) is 4.98 Å². The first-order valence-electron chi connectivity index (χ1n) is 13.1. The lowest BCUT2D eigenvalue weighted by Crippen LogP contribution is -2.36. The number of nitrogens with zero attached hydrogens (tertiary/aromatic N) is 1. The number of aliphatic hydroxyl groups excluding tert-OH is 3. The molecule has 3 saturated carbocycles. The molecule has 3 fully saturated rings. The minimum absolute atomic E-state index is 0.374. The van der Waals surface area contributed by atoms with Crippen LogP contribution in [0.1, 0.15) is 101 Å². The van der Waals surface area contributed by atoms with E-state index in [1.807, 2.05) is 12.3 Å². The first-order chi connectivity index (χ1) is 15.8. The second-order valence-electron chi connectivity index (χ2n) is 11.4. The summed E-state index contributed by atoms with van der Waals surface area (Å²) >= 11 is 1.57. The Bertz CT molecular complexity index is 849.